The first-order valence-corrected chi connectivity index (χ1v) is 7.27. The molecule has 0 radical (unpaired) electrons. The number of ether oxygens (including phenoxy) is 1. The summed E-state index contributed by atoms with van der Waals surface area (Å²) in [5.41, 5.74) is 0.474. The van der Waals surface area contributed by atoms with Crippen LogP contribution >= 0.6 is 0 Å². The predicted molar refractivity (Wildman–Crippen MR) is 81.0 cm³/mol. The van der Waals surface area contributed by atoms with Crippen molar-refractivity contribution in [2.45, 2.75) is 44.8 Å². The van der Waals surface area contributed by atoms with Crippen LogP contribution in [0.4, 0.5) is 0 Å². The topological polar surface area (TPSA) is 55.4 Å². The van der Waals surface area contributed by atoms with E-state index in [2.05, 4.69) is 5.32 Å². The quantitative estimate of drug-likeness (QED) is 0.874. The zero-order chi connectivity index (χ0) is 15.6. The number of nitrogens with one attached hydrogen (secondary N) is 1. The maximum atomic E-state index is 12.3. The zero-order valence-electron chi connectivity index (χ0n) is 13.1. The van der Waals surface area contributed by atoms with Crippen LogP contribution < -0.4 is 5.32 Å². The first-order valence-electron chi connectivity index (χ1n) is 7.27. The van der Waals surface area contributed by atoms with Crippen molar-refractivity contribution in [1.82, 2.24) is 5.32 Å². The summed E-state index contributed by atoms with van der Waals surface area (Å²) >= 11 is 0. The van der Waals surface area contributed by atoms with E-state index in [0.717, 1.165) is 6.42 Å². The van der Waals surface area contributed by atoms with E-state index in [1.165, 1.54) is 12.5 Å². The number of amides is 1. The number of rotatable bonds is 6. The first-order chi connectivity index (χ1) is 9.86. The monoisotopic (exact) mass is 289 g/mol. The Balaban J connectivity index is 2.00. The second kappa shape index (κ2) is 5.98. The first kappa shape index (κ1) is 15.7. The molecule has 114 valence electrons. The maximum Gasteiger partial charge on any atom is 0.224 e. The molecule has 1 unspecified atom stereocenters. The van der Waals surface area contributed by atoms with Crippen molar-refractivity contribution in [3.8, 4) is 0 Å². The molecule has 1 saturated carbocycles. The third-order valence-corrected chi connectivity index (χ3v) is 4.27. The van der Waals surface area contributed by atoms with Gasteiger partial charge in [-0.3, -0.25) is 9.59 Å². The fourth-order valence-electron chi connectivity index (χ4n) is 2.69. The molecule has 1 aliphatic rings. The van der Waals surface area contributed by atoms with Crippen LogP contribution in [-0.4, -0.2) is 30.4 Å². The van der Waals surface area contributed by atoms with Crippen molar-refractivity contribution >= 4 is 11.7 Å². The van der Waals surface area contributed by atoms with E-state index in [1.807, 2.05) is 30.3 Å². The van der Waals surface area contributed by atoms with Crippen LogP contribution in [0.25, 0.3) is 0 Å². The van der Waals surface area contributed by atoms with Crippen LogP contribution in [0.15, 0.2) is 30.3 Å². The highest BCUT2D eigenvalue weighted by Gasteiger charge is 2.46. The summed E-state index contributed by atoms with van der Waals surface area (Å²) in [5.74, 6) is 0.0765. The minimum absolute atomic E-state index is 0.0399. The number of ketones is 1. The van der Waals surface area contributed by atoms with Crippen LogP contribution in [0.5, 0.6) is 0 Å². The van der Waals surface area contributed by atoms with E-state index in [9.17, 15) is 9.59 Å². The molecule has 0 spiro atoms. The Kier molecular flexibility index (Phi) is 4.47. The van der Waals surface area contributed by atoms with Gasteiger partial charge in [-0.25, -0.2) is 0 Å². The van der Waals surface area contributed by atoms with E-state index in [-0.39, 0.29) is 23.5 Å². The van der Waals surface area contributed by atoms with Crippen molar-refractivity contribution in [3.05, 3.63) is 35.9 Å². The van der Waals surface area contributed by atoms with E-state index >= 15 is 0 Å². The SMILES string of the molecule is COC(C)(C)[C@H](NC(=O)[C@@H]1CC1c1ccccc1)C(C)=O. The molecule has 1 aliphatic carbocycles. The lowest BCUT2D eigenvalue weighted by atomic mass is 9.95. The standard InChI is InChI=1S/C17H23NO3/c1-11(19)15(17(2,3)21-4)18-16(20)14-10-13(14)12-8-6-5-7-9-12/h5-9,13-15H,10H2,1-4H3,(H,18,20)/t13?,14-,15-/m1/s1. The fourth-order valence-corrected chi connectivity index (χ4v) is 2.69. The summed E-state index contributed by atoms with van der Waals surface area (Å²) < 4.78 is 5.34. The molecule has 1 amide bonds. The Bertz CT molecular complexity index is 524. The third kappa shape index (κ3) is 3.50. The molecule has 0 saturated heterocycles. The average molecular weight is 289 g/mol. The smallest absolute Gasteiger partial charge is 0.224 e. The Morgan fingerprint density at radius 3 is 2.43 bits per heavy atom. The molecule has 4 heteroatoms. The Morgan fingerprint density at radius 2 is 1.90 bits per heavy atom. The molecule has 4 nitrogen and oxygen atoms in total. The summed E-state index contributed by atoms with van der Waals surface area (Å²) in [6.45, 7) is 5.09. The number of hydrogen-bond donors (Lipinski definition) is 1. The Morgan fingerprint density at radius 1 is 1.29 bits per heavy atom. The number of methoxy groups -OCH3 is 1. The van der Waals surface area contributed by atoms with Gasteiger partial charge in [0.25, 0.3) is 0 Å². The van der Waals surface area contributed by atoms with Gasteiger partial charge < -0.3 is 10.1 Å². The number of Topliss-reactive ketones (excluding diaryl/α,β-unsaturated/α-hetero) is 1. The highest BCUT2D eigenvalue weighted by molar-refractivity contribution is 5.90. The van der Waals surface area contributed by atoms with Gasteiger partial charge in [0.05, 0.1) is 5.60 Å². The van der Waals surface area contributed by atoms with E-state index in [0.29, 0.717) is 0 Å². The molecule has 0 heterocycles. The summed E-state index contributed by atoms with van der Waals surface area (Å²) in [7, 11) is 1.55. The number of carbonyl (C=O) groups is 2. The molecule has 1 fully saturated rings. The van der Waals surface area contributed by atoms with Crippen LogP contribution in [0.3, 0.4) is 0 Å². The number of benzene rings is 1. The fraction of sp³-hybridized carbons (Fsp3) is 0.529. The zero-order valence-corrected chi connectivity index (χ0v) is 13.1. The van der Waals surface area contributed by atoms with Crippen molar-refractivity contribution < 1.29 is 14.3 Å². The molecule has 3 atom stereocenters. The van der Waals surface area contributed by atoms with Crippen molar-refractivity contribution in [2.24, 2.45) is 5.92 Å². The van der Waals surface area contributed by atoms with Crippen LogP contribution in [-0.2, 0) is 14.3 Å². The predicted octanol–water partition coefficient (Wildman–Crippen LogP) is 2.29. The Labute approximate surface area is 125 Å². The maximum absolute atomic E-state index is 12.3. The molecule has 1 aromatic rings. The molecule has 2 rings (SSSR count). The third-order valence-electron chi connectivity index (χ3n) is 4.27. The highest BCUT2D eigenvalue weighted by atomic mass is 16.5. The van der Waals surface area contributed by atoms with Gasteiger partial charge in [0, 0.05) is 13.0 Å². The van der Waals surface area contributed by atoms with Gasteiger partial charge in [0.15, 0.2) is 5.78 Å². The van der Waals surface area contributed by atoms with E-state index < -0.39 is 11.6 Å². The second-order valence-corrected chi connectivity index (χ2v) is 6.22. The number of hydrogen-bond acceptors (Lipinski definition) is 3. The van der Waals surface area contributed by atoms with Crippen LogP contribution in [0.2, 0.25) is 0 Å². The van der Waals surface area contributed by atoms with E-state index in [4.69, 9.17) is 4.74 Å². The summed E-state index contributed by atoms with van der Waals surface area (Å²) in [5, 5.41) is 2.86. The average Bonchev–Trinajstić information content (AvgIpc) is 3.25. The van der Waals surface area contributed by atoms with Gasteiger partial charge in [0.2, 0.25) is 5.91 Å². The van der Waals surface area contributed by atoms with Crippen molar-refractivity contribution in [3.63, 3.8) is 0 Å². The molecule has 1 N–H and O–H groups in total. The van der Waals surface area contributed by atoms with E-state index in [1.54, 1.807) is 21.0 Å². The molecule has 0 bridgehead atoms. The lowest BCUT2D eigenvalue weighted by Gasteiger charge is -2.31. The molecule has 0 aromatic heterocycles. The number of carbonyl (C=O) groups excluding carboxylic acids is 2. The van der Waals surface area contributed by atoms with Gasteiger partial charge in [-0.15, -0.1) is 0 Å². The van der Waals surface area contributed by atoms with Gasteiger partial charge in [-0.05, 0) is 38.7 Å². The van der Waals surface area contributed by atoms with Gasteiger partial charge in [-0.1, -0.05) is 30.3 Å². The lowest BCUT2D eigenvalue weighted by molar-refractivity contribution is -0.134. The van der Waals surface area contributed by atoms with Crippen molar-refractivity contribution in [2.75, 3.05) is 7.11 Å². The summed E-state index contributed by atoms with van der Waals surface area (Å²) in [6.07, 6.45) is 0.841. The summed E-state index contributed by atoms with van der Waals surface area (Å²) in [4.78, 5) is 24.1. The Hall–Kier alpha value is -1.68. The highest BCUT2D eigenvalue weighted by Crippen LogP contribution is 2.47. The molecule has 21 heavy (non-hydrogen) atoms. The minimum Gasteiger partial charge on any atom is -0.376 e. The lowest BCUT2D eigenvalue weighted by Crippen LogP contribution is -2.54. The molecular weight excluding hydrogens is 266 g/mol. The van der Waals surface area contributed by atoms with Gasteiger partial charge >= 0.3 is 0 Å². The molecular formula is C17H23NO3. The molecule has 0 aliphatic heterocycles. The van der Waals surface area contributed by atoms with Gasteiger partial charge in [-0.2, -0.15) is 0 Å². The van der Waals surface area contributed by atoms with Crippen molar-refractivity contribution in [1.29, 1.82) is 0 Å². The second-order valence-electron chi connectivity index (χ2n) is 6.22. The minimum atomic E-state index is -0.710. The van der Waals surface area contributed by atoms with Crippen LogP contribution in [0.1, 0.15) is 38.7 Å². The van der Waals surface area contributed by atoms with Crippen LogP contribution in [0, 0.1) is 5.92 Å². The largest absolute Gasteiger partial charge is 0.376 e. The normalized spacial score (nSPS) is 22.5. The summed E-state index contributed by atoms with van der Waals surface area (Å²) in [6, 6.07) is 9.39. The molecule has 1 aromatic carbocycles. The van der Waals surface area contributed by atoms with Gasteiger partial charge in [0.1, 0.15) is 6.04 Å².